The summed E-state index contributed by atoms with van der Waals surface area (Å²) in [6.07, 6.45) is -1.37. The van der Waals surface area contributed by atoms with Gasteiger partial charge in [0.05, 0.1) is 28.5 Å². The molecule has 0 fully saturated rings. The SMILES string of the molecule is CC(NC(O)c1cc(CCCO)ncn1)c1ncc(C(=O)Nc2cc(C(F)(F)F)c(Cl)cn2)s1. The van der Waals surface area contributed by atoms with Crippen molar-refractivity contribution in [2.75, 3.05) is 11.9 Å². The highest BCUT2D eigenvalue weighted by molar-refractivity contribution is 7.13. The van der Waals surface area contributed by atoms with Gasteiger partial charge in [0, 0.05) is 18.5 Å². The van der Waals surface area contributed by atoms with Crippen LogP contribution in [0.1, 0.15) is 57.2 Å². The Balaban J connectivity index is 1.65. The predicted molar refractivity (Wildman–Crippen MR) is 118 cm³/mol. The molecule has 1 amide bonds. The predicted octanol–water partition coefficient (Wildman–Crippen LogP) is 3.52. The van der Waals surface area contributed by atoms with Crippen LogP contribution in [0, 0.1) is 0 Å². The van der Waals surface area contributed by atoms with Crippen molar-refractivity contribution in [3.05, 3.63) is 62.7 Å². The van der Waals surface area contributed by atoms with Crippen molar-refractivity contribution in [2.45, 2.75) is 38.2 Å². The van der Waals surface area contributed by atoms with E-state index in [1.165, 1.54) is 12.5 Å². The molecule has 0 aromatic carbocycles. The number of thiazole rings is 1. The second-order valence-electron chi connectivity index (χ2n) is 7.12. The average Bonchev–Trinajstić information content (AvgIpc) is 3.29. The van der Waals surface area contributed by atoms with Crippen molar-refractivity contribution < 1.29 is 28.2 Å². The van der Waals surface area contributed by atoms with E-state index in [1.54, 1.807) is 13.0 Å². The monoisotopic (exact) mass is 516 g/mol. The zero-order valence-electron chi connectivity index (χ0n) is 17.7. The van der Waals surface area contributed by atoms with Crippen LogP contribution < -0.4 is 10.6 Å². The van der Waals surface area contributed by atoms with E-state index in [4.69, 9.17) is 16.7 Å². The van der Waals surface area contributed by atoms with Crippen LogP contribution in [0.5, 0.6) is 0 Å². The molecule has 0 aliphatic carbocycles. The smallest absolute Gasteiger partial charge is 0.396 e. The molecular formula is C20H20ClF3N6O3S. The summed E-state index contributed by atoms with van der Waals surface area (Å²) in [6.45, 7) is 1.74. The van der Waals surface area contributed by atoms with E-state index in [1.807, 2.05) is 0 Å². The van der Waals surface area contributed by atoms with E-state index < -0.39 is 34.9 Å². The lowest BCUT2D eigenvalue weighted by atomic mass is 10.2. The number of hydrogen-bond acceptors (Lipinski definition) is 9. The molecule has 2 unspecified atom stereocenters. The molecule has 3 heterocycles. The number of pyridine rings is 1. The first-order chi connectivity index (χ1) is 16.1. The molecule has 0 spiro atoms. The topological polar surface area (TPSA) is 133 Å². The number of nitrogens with one attached hydrogen (secondary N) is 2. The van der Waals surface area contributed by atoms with Gasteiger partial charge in [-0.3, -0.25) is 10.1 Å². The van der Waals surface area contributed by atoms with Crippen LogP contribution in [0.15, 0.2) is 30.9 Å². The minimum absolute atomic E-state index is 0.0225. The Morgan fingerprint density at radius 3 is 2.68 bits per heavy atom. The molecule has 4 N–H and O–H groups in total. The van der Waals surface area contributed by atoms with Gasteiger partial charge in [0.15, 0.2) is 0 Å². The van der Waals surface area contributed by atoms with Gasteiger partial charge >= 0.3 is 6.18 Å². The second-order valence-corrected chi connectivity index (χ2v) is 8.59. The zero-order chi connectivity index (χ0) is 24.9. The van der Waals surface area contributed by atoms with E-state index in [2.05, 4.69) is 30.6 Å². The fraction of sp³-hybridized carbons (Fsp3) is 0.350. The van der Waals surface area contributed by atoms with Crippen molar-refractivity contribution in [2.24, 2.45) is 0 Å². The van der Waals surface area contributed by atoms with Crippen molar-refractivity contribution in [3.63, 3.8) is 0 Å². The third kappa shape index (κ3) is 6.67. The number of hydrogen-bond donors (Lipinski definition) is 4. The number of aliphatic hydroxyl groups is 2. The van der Waals surface area contributed by atoms with Crippen LogP contribution in [0.3, 0.4) is 0 Å². The molecule has 0 aliphatic heterocycles. The molecule has 9 nitrogen and oxygen atoms in total. The van der Waals surface area contributed by atoms with Gasteiger partial charge in [-0.05, 0) is 31.9 Å². The molecule has 0 saturated carbocycles. The Kier molecular flexibility index (Phi) is 8.49. The Bertz CT molecular complexity index is 1150. The molecule has 0 bridgehead atoms. The van der Waals surface area contributed by atoms with Crippen LogP contribution in [-0.2, 0) is 12.6 Å². The lowest BCUT2D eigenvalue weighted by molar-refractivity contribution is -0.137. The van der Waals surface area contributed by atoms with Gasteiger partial charge < -0.3 is 15.5 Å². The maximum absolute atomic E-state index is 13.0. The summed E-state index contributed by atoms with van der Waals surface area (Å²) >= 11 is 6.54. The maximum atomic E-state index is 13.0. The van der Waals surface area contributed by atoms with Crippen LogP contribution in [0.4, 0.5) is 19.0 Å². The zero-order valence-corrected chi connectivity index (χ0v) is 19.2. The molecule has 2 atom stereocenters. The highest BCUT2D eigenvalue weighted by Gasteiger charge is 2.34. The fourth-order valence-corrected chi connectivity index (χ4v) is 3.88. The molecule has 34 heavy (non-hydrogen) atoms. The minimum Gasteiger partial charge on any atom is -0.396 e. The molecule has 0 saturated heterocycles. The summed E-state index contributed by atoms with van der Waals surface area (Å²) in [4.78, 5) is 28.6. The van der Waals surface area contributed by atoms with Gasteiger partial charge in [0.1, 0.15) is 28.3 Å². The van der Waals surface area contributed by atoms with E-state index in [0.29, 0.717) is 35.3 Å². The molecule has 182 valence electrons. The number of carbonyl (C=O) groups excluding carboxylic acids is 1. The number of carbonyl (C=O) groups is 1. The third-order valence-corrected chi connectivity index (χ3v) is 6.02. The number of amides is 1. The Morgan fingerprint density at radius 1 is 1.21 bits per heavy atom. The second kappa shape index (κ2) is 11.1. The van der Waals surface area contributed by atoms with Crippen LogP contribution in [0.2, 0.25) is 5.02 Å². The summed E-state index contributed by atoms with van der Waals surface area (Å²) in [5.74, 6) is -0.997. The van der Waals surface area contributed by atoms with Crippen LogP contribution in [0.25, 0.3) is 0 Å². The number of halogens is 4. The minimum atomic E-state index is -4.69. The highest BCUT2D eigenvalue weighted by atomic mass is 35.5. The van der Waals surface area contributed by atoms with Gasteiger partial charge in [-0.1, -0.05) is 11.6 Å². The quantitative estimate of drug-likeness (QED) is 0.317. The molecule has 3 aromatic heterocycles. The van der Waals surface area contributed by atoms with E-state index in [-0.39, 0.29) is 17.3 Å². The number of nitrogens with zero attached hydrogens (tertiary/aromatic N) is 4. The molecular weight excluding hydrogens is 497 g/mol. The van der Waals surface area contributed by atoms with Crippen molar-refractivity contribution in [3.8, 4) is 0 Å². The van der Waals surface area contributed by atoms with E-state index in [0.717, 1.165) is 17.5 Å². The van der Waals surface area contributed by atoms with Gasteiger partial charge in [0.2, 0.25) is 0 Å². The first kappa shape index (κ1) is 25.9. The fourth-order valence-electron chi connectivity index (χ4n) is 2.85. The van der Waals surface area contributed by atoms with Crippen molar-refractivity contribution in [1.29, 1.82) is 0 Å². The van der Waals surface area contributed by atoms with Gasteiger partial charge in [-0.25, -0.2) is 19.9 Å². The maximum Gasteiger partial charge on any atom is 0.418 e. The van der Waals surface area contributed by atoms with E-state index >= 15 is 0 Å². The number of aliphatic hydroxyl groups excluding tert-OH is 2. The number of anilines is 1. The Hall–Kier alpha value is -2.71. The average molecular weight is 517 g/mol. The third-order valence-electron chi connectivity index (χ3n) is 4.54. The summed E-state index contributed by atoms with van der Waals surface area (Å²) in [5, 5.41) is 24.5. The molecule has 0 aliphatic rings. The highest BCUT2D eigenvalue weighted by Crippen LogP contribution is 2.35. The molecule has 14 heteroatoms. The van der Waals surface area contributed by atoms with Crippen molar-refractivity contribution in [1.82, 2.24) is 25.3 Å². The summed E-state index contributed by atoms with van der Waals surface area (Å²) in [5.41, 5.74) is -0.107. The first-order valence-electron chi connectivity index (χ1n) is 9.94. The first-order valence-corrected chi connectivity index (χ1v) is 11.1. The number of alkyl halides is 3. The Labute approximate surface area is 201 Å². The van der Waals surface area contributed by atoms with E-state index in [9.17, 15) is 23.1 Å². The normalized spacial score (nSPS) is 13.5. The summed E-state index contributed by atoms with van der Waals surface area (Å²) in [7, 11) is 0. The largest absolute Gasteiger partial charge is 0.418 e. The number of rotatable bonds is 9. The lowest BCUT2D eigenvalue weighted by Crippen LogP contribution is -2.25. The summed E-state index contributed by atoms with van der Waals surface area (Å²) < 4.78 is 39.0. The standard InChI is InChI=1S/C20H20ClF3N6O3S/c1-10(29-17(32)14-5-11(3-2-4-31)27-9-28-14)19-26-8-15(34-19)18(33)30-16-6-12(20(22,23)24)13(21)7-25-16/h5-10,17,29,31-32H,2-4H2,1H3,(H,25,30,33). The Morgan fingerprint density at radius 2 is 1.97 bits per heavy atom. The number of aryl methyl sites for hydroxylation is 1. The number of aromatic nitrogens is 4. The van der Waals surface area contributed by atoms with Crippen molar-refractivity contribution >= 4 is 34.7 Å². The van der Waals surface area contributed by atoms with Crippen LogP contribution >= 0.6 is 22.9 Å². The van der Waals surface area contributed by atoms with Gasteiger partial charge in [-0.15, -0.1) is 11.3 Å². The van der Waals surface area contributed by atoms with Crippen LogP contribution in [-0.4, -0.2) is 42.7 Å². The van der Waals surface area contributed by atoms with Gasteiger partial charge in [-0.2, -0.15) is 13.2 Å². The summed E-state index contributed by atoms with van der Waals surface area (Å²) in [6, 6.07) is 1.79. The molecule has 3 rings (SSSR count). The lowest BCUT2D eigenvalue weighted by Gasteiger charge is -2.17. The molecule has 3 aromatic rings. The molecule has 0 radical (unpaired) electrons. The van der Waals surface area contributed by atoms with Gasteiger partial charge in [0.25, 0.3) is 5.91 Å².